The van der Waals surface area contributed by atoms with E-state index in [0.717, 1.165) is 19.3 Å². The van der Waals surface area contributed by atoms with E-state index >= 15 is 0 Å². The van der Waals surface area contributed by atoms with Gasteiger partial charge in [-0.15, -0.1) is 0 Å². The van der Waals surface area contributed by atoms with Crippen LogP contribution in [0.25, 0.3) is 0 Å². The summed E-state index contributed by atoms with van der Waals surface area (Å²) in [5.74, 6) is 0.690. The molecule has 3 fully saturated rings. The molecule has 0 radical (unpaired) electrons. The van der Waals surface area contributed by atoms with Crippen molar-refractivity contribution in [1.82, 2.24) is 0 Å². The number of allylic oxidation sites excluding steroid dienone is 1. The van der Waals surface area contributed by atoms with Crippen molar-refractivity contribution in [2.75, 3.05) is 7.11 Å². The number of Topliss-reactive ketones (excluding diaryl/α,β-unsaturated/α-hetero) is 1. The number of ketones is 1. The Balaban J connectivity index is 2.12. The van der Waals surface area contributed by atoms with Crippen LogP contribution in [0.5, 0.6) is 0 Å². The van der Waals surface area contributed by atoms with Crippen molar-refractivity contribution in [1.29, 1.82) is 0 Å². The second-order valence-electron chi connectivity index (χ2n) is 7.18. The van der Waals surface area contributed by atoms with Crippen molar-refractivity contribution < 1.29 is 14.3 Å². The minimum atomic E-state index is -0.309. The lowest BCUT2D eigenvalue weighted by Crippen LogP contribution is -2.42. The van der Waals surface area contributed by atoms with Crippen molar-refractivity contribution in [3.8, 4) is 0 Å². The fourth-order valence-electron chi connectivity index (χ4n) is 5.42. The van der Waals surface area contributed by atoms with E-state index in [1.54, 1.807) is 0 Å². The van der Waals surface area contributed by atoms with E-state index in [1.165, 1.54) is 7.11 Å². The summed E-state index contributed by atoms with van der Waals surface area (Å²) in [7, 11) is 1.44. The second kappa shape index (κ2) is 3.71. The smallest absolute Gasteiger partial charge is 0.309 e. The first-order valence-corrected chi connectivity index (χ1v) is 7.15. The SMILES string of the molecule is C=C1C(=O)C[C@H]2C3CC[C@H](C(=O)OC)[C@@]12CC3(C)C. The first-order chi connectivity index (χ1) is 8.84. The van der Waals surface area contributed by atoms with Gasteiger partial charge in [0.2, 0.25) is 0 Å². The Morgan fingerprint density at radius 1 is 1.32 bits per heavy atom. The molecule has 3 rings (SSSR count). The molecule has 0 saturated heterocycles. The predicted molar refractivity (Wildman–Crippen MR) is 71.3 cm³/mol. The molecule has 0 aliphatic heterocycles. The maximum absolute atomic E-state index is 12.2. The molecule has 0 aromatic rings. The highest BCUT2D eigenvalue weighted by Gasteiger charge is 2.69. The summed E-state index contributed by atoms with van der Waals surface area (Å²) in [4.78, 5) is 24.3. The Labute approximate surface area is 114 Å². The zero-order chi connectivity index (χ0) is 14.0. The van der Waals surface area contributed by atoms with Gasteiger partial charge in [0.05, 0.1) is 13.0 Å². The molecule has 0 N–H and O–H groups in total. The number of hydrogen-bond acceptors (Lipinski definition) is 3. The molecule has 3 nitrogen and oxygen atoms in total. The standard InChI is InChI=1S/C16H22O3/c1-9-13(17)7-12-10-5-6-11(14(18)19-4)16(9,12)8-15(10,2)3/h10-12H,1,5-8H2,2-4H3/t10?,11-,12+,16-/m1/s1. The van der Waals surface area contributed by atoms with Crippen LogP contribution in [0.15, 0.2) is 12.2 Å². The molecule has 0 aromatic heterocycles. The molecule has 0 heterocycles. The van der Waals surface area contributed by atoms with E-state index in [2.05, 4.69) is 20.4 Å². The molecule has 104 valence electrons. The average Bonchev–Trinajstić information content (AvgIpc) is 2.67. The number of methoxy groups -OCH3 is 1. The van der Waals surface area contributed by atoms with Crippen LogP contribution in [0.2, 0.25) is 0 Å². The molecule has 0 spiro atoms. The lowest BCUT2D eigenvalue weighted by Gasteiger charge is -2.41. The van der Waals surface area contributed by atoms with Crippen LogP contribution in [-0.4, -0.2) is 18.9 Å². The molecule has 3 aliphatic rings. The average molecular weight is 262 g/mol. The zero-order valence-electron chi connectivity index (χ0n) is 12.0. The molecule has 3 heteroatoms. The molecular formula is C16H22O3. The summed E-state index contributed by atoms with van der Waals surface area (Å²) in [5.41, 5.74) is 0.580. The summed E-state index contributed by atoms with van der Waals surface area (Å²) in [5, 5.41) is 0. The normalized spacial score (nSPS) is 43.2. The first-order valence-electron chi connectivity index (χ1n) is 7.15. The van der Waals surface area contributed by atoms with E-state index in [4.69, 9.17) is 4.74 Å². The number of hydrogen-bond donors (Lipinski definition) is 0. The van der Waals surface area contributed by atoms with Gasteiger partial charge in [-0.3, -0.25) is 9.59 Å². The van der Waals surface area contributed by atoms with E-state index < -0.39 is 0 Å². The van der Waals surface area contributed by atoms with Crippen LogP contribution in [0, 0.1) is 28.6 Å². The number of esters is 1. The molecule has 0 aromatic carbocycles. The molecule has 1 unspecified atom stereocenters. The highest BCUT2D eigenvalue weighted by Crippen LogP contribution is 2.71. The lowest BCUT2D eigenvalue weighted by atomic mass is 9.61. The number of carbonyl (C=O) groups excluding carboxylic acids is 2. The lowest BCUT2D eigenvalue weighted by molar-refractivity contribution is -0.152. The minimum absolute atomic E-state index is 0.156. The predicted octanol–water partition coefficient (Wildman–Crippen LogP) is 2.75. The highest BCUT2D eigenvalue weighted by atomic mass is 16.5. The highest BCUT2D eigenvalue weighted by molar-refractivity contribution is 6.00. The topological polar surface area (TPSA) is 43.4 Å². The van der Waals surface area contributed by atoms with Gasteiger partial charge in [0.25, 0.3) is 0 Å². The summed E-state index contributed by atoms with van der Waals surface area (Å²) >= 11 is 0. The van der Waals surface area contributed by atoms with Gasteiger partial charge in [0.1, 0.15) is 0 Å². The van der Waals surface area contributed by atoms with Gasteiger partial charge in [-0.2, -0.15) is 0 Å². The van der Waals surface area contributed by atoms with Crippen LogP contribution in [0.4, 0.5) is 0 Å². The van der Waals surface area contributed by atoms with Crippen LogP contribution in [-0.2, 0) is 14.3 Å². The van der Waals surface area contributed by atoms with E-state index in [0.29, 0.717) is 23.8 Å². The Kier molecular flexibility index (Phi) is 2.52. The quantitative estimate of drug-likeness (QED) is 0.539. The van der Waals surface area contributed by atoms with Gasteiger partial charge in [-0.05, 0) is 42.1 Å². The largest absolute Gasteiger partial charge is 0.469 e. The minimum Gasteiger partial charge on any atom is -0.469 e. The summed E-state index contributed by atoms with van der Waals surface area (Å²) in [6.07, 6.45) is 3.35. The number of carbonyl (C=O) groups is 2. The third-order valence-corrected chi connectivity index (χ3v) is 6.08. The van der Waals surface area contributed by atoms with Gasteiger partial charge >= 0.3 is 5.97 Å². The fraction of sp³-hybridized carbons (Fsp3) is 0.750. The second-order valence-corrected chi connectivity index (χ2v) is 7.18. The summed E-state index contributed by atoms with van der Waals surface area (Å²) < 4.78 is 5.00. The maximum Gasteiger partial charge on any atom is 0.309 e. The van der Waals surface area contributed by atoms with Crippen LogP contribution in [0.3, 0.4) is 0 Å². The van der Waals surface area contributed by atoms with Gasteiger partial charge in [-0.1, -0.05) is 20.4 Å². The summed E-state index contributed by atoms with van der Waals surface area (Å²) in [6, 6.07) is 0. The van der Waals surface area contributed by atoms with Crippen molar-refractivity contribution >= 4 is 11.8 Å². The van der Waals surface area contributed by atoms with Crippen molar-refractivity contribution in [3.63, 3.8) is 0 Å². The first kappa shape index (κ1) is 12.9. The van der Waals surface area contributed by atoms with Gasteiger partial charge in [-0.25, -0.2) is 0 Å². The molecular weight excluding hydrogens is 240 g/mol. The summed E-state index contributed by atoms with van der Waals surface area (Å²) in [6.45, 7) is 8.61. The monoisotopic (exact) mass is 262 g/mol. The molecule has 2 bridgehead atoms. The third-order valence-electron chi connectivity index (χ3n) is 6.08. The van der Waals surface area contributed by atoms with Crippen LogP contribution >= 0.6 is 0 Å². The Morgan fingerprint density at radius 3 is 2.63 bits per heavy atom. The van der Waals surface area contributed by atoms with Crippen molar-refractivity contribution in [2.24, 2.45) is 28.6 Å². The molecule has 19 heavy (non-hydrogen) atoms. The number of rotatable bonds is 1. The van der Waals surface area contributed by atoms with Gasteiger partial charge in [0, 0.05) is 11.8 Å². The van der Waals surface area contributed by atoms with Crippen molar-refractivity contribution in [2.45, 2.75) is 39.5 Å². The number of ether oxygens (including phenoxy) is 1. The van der Waals surface area contributed by atoms with Gasteiger partial charge in [0.15, 0.2) is 5.78 Å². The molecule has 3 saturated carbocycles. The van der Waals surface area contributed by atoms with Crippen LogP contribution in [0.1, 0.15) is 39.5 Å². The van der Waals surface area contributed by atoms with E-state index in [9.17, 15) is 9.59 Å². The molecule has 0 amide bonds. The maximum atomic E-state index is 12.2. The Morgan fingerprint density at radius 2 is 2.00 bits per heavy atom. The van der Waals surface area contributed by atoms with Crippen molar-refractivity contribution in [3.05, 3.63) is 12.2 Å². The zero-order valence-corrected chi connectivity index (χ0v) is 12.0. The molecule has 3 aliphatic carbocycles. The fourth-order valence-corrected chi connectivity index (χ4v) is 5.42. The van der Waals surface area contributed by atoms with Crippen LogP contribution < -0.4 is 0 Å². The Bertz CT molecular complexity index is 476. The Hall–Kier alpha value is -1.12. The third kappa shape index (κ3) is 1.39. The van der Waals surface area contributed by atoms with E-state index in [1.807, 2.05) is 0 Å². The van der Waals surface area contributed by atoms with E-state index in [-0.39, 0.29) is 28.5 Å². The molecule has 4 atom stereocenters. The van der Waals surface area contributed by atoms with Gasteiger partial charge < -0.3 is 4.74 Å².